The minimum atomic E-state index is 0.392. The Bertz CT molecular complexity index is 450. The van der Waals surface area contributed by atoms with Crippen molar-refractivity contribution in [3.63, 3.8) is 0 Å². The second kappa shape index (κ2) is 7.15. The molecule has 1 fully saturated rings. The number of likely N-dealkylation sites (tertiary alicyclic amines) is 1. The molecule has 0 radical (unpaired) electrons. The molecule has 5 nitrogen and oxygen atoms in total. The number of thiazole rings is 1. The van der Waals surface area contributed by atoms with E-state index in [2.05, 4.69) is 28.8 Å². The maximum absolute atomic E-state index is 11.1. The first-order valence-electron chi connectivity index (χ1n) is 7.08. The van der Waals surface area contributed by atoms with Crippen LogP contribution in [0.1, 0.15) is 35.1 Å². The Hall–Kier alpha value is -0.980. The van der Waals surface area contributed by atoms with E-state index < -0.39 is 0 Å². The Morgan fingerprint density at radius 1 is 1.60 bits per heavy atom. The van der Waals surface area contributed by atoms with E-state index in [4.69, 9.17) is 4.74 Å². The molecule has 0 spiro atoms. The van der Waals surface area contributed by atoms with Crippen LogP contribution >= 0.6 is 11.3 Å². The Labute approximate surface area is 124 Å². The van der Waals surface area contributed by atoms with Crippen LogP contribution in [0.4, 0.5) is 5.13 Å². The van der Waals surface area contributed by atoms with Gasteiger partial charge in [0.25, 0.3) is 0 Å². The fourth-order valence-corrected chi connectivity index (χ4v) is 3.61. The first-order valence-corrected chi connectivity index (χ1v) is 7.90. The predicted octanol–water partition coefficient (Wildman–Crippen LogP) is 2.02. The first-order chi connectivity index (χ1) is 9.69. The van der Waals surface area contributed by atoms with Gasteiger partial charge in [0.05, 0.1) is 17.2 Å². The molecular weight excluding hydrogens is 274 g/mol. The Morgan fingerprint density at radius 2 is 2.40 bits per heavy atom. The van der Waals surface area contributed by atoms with Crippen LogP contribution in [0.25, 0.3) is 0 Å². The number of hydrogen-bond donors (Lipinski definition) is 0. The smallest absolute Gasteiger partial charge is 0.186 e. The van der Waals surface area contributed by atoms with Crippen LogP contribution in [0.2, 0.25) is 0 Å². The molecule has 1 unspecified atom stereocenters. The molecule has 0 N–H and O–H groups in total. The van der Waals surface area contributed by atoms with E-state index in [0.29, 0.717) is 17.5 Å². The average molecular weight is 297 g/mol. The molecule has 0 amide bonds. The number of methoxy groups -OCH3 is 1. The average Bonchev–Trinajstić information content (AvgIpc) is 3.05. The van der Waals surface area contributed by atoms with Crippen molar-refractivity contribution in [3.05, 3.63) is 10.6 Å². The standard InChI is InChI=1S/C14H23N3O2S/c1-4-17-7-5-6-11(17)8-16(2)14-15-12(10-19-3)13(9-18)20-14/h9,11H,4-8,10H2,1-3H3. The molecule has 0 aromatic carbocycles. The lowest BCUT2D eigenvalue weighted by Gasteiger charge is -2.27. The highest BCUT2D eigenvalue weighted by Crippen LogP contribution is 2.26. The van der Waals surface area contributed by atoms with Gasteiger partial charge in [-0.25, -0.2) is 4.98 Å². The monoisotopic (exact) mass is 297 g/mol. The molecule has 6 heteroatoms. The van der Waals surface area contributed by atoms with Crippen LogP contribution < -0.4 is 4.90 Å². The topological polar surface area (TPSA) is 45.7 Å². The van der Waals surface area contributed by atoms with Gasteiger partial charge in [-0.05, 0) is 25.9 Å². The van der Waals surface area contributed by atoms with Gasteiger partial charge in [-0.2, -0.15) is 0 Å². The van der Waals surface area contributed by atoms with Crippen molar-refractivity contribution in [3.8, 4) is 0 Å². The molecule has 1 atom stereocenters. The maximum Gasteiger partial charge on any atom is 0.186 e. The summed E-state index contributed by atoms with van der Waals surface area (Å²) in [4.78, 5) is 21.0. The van der Waals surface area contributed by atoms with E-state index in [0.717, 1.165) is 30.2 Å². The van der Waals surface area contributed by atoms with Gasteiger partial charge in [0.2, 0.25) is 0 Å². The molecule has 0 aliphatic carbocycles. The van der Waals surface area contributed by atoms with Gasteiger partial charge >= 0.3 is 0 Å². The molecule has 1 aromatic rings. The maximum atomic E-state index is 11.1. The second-order valence-electron chi connectivity index (χ2n) is 5.16. The summed E-state index contributed by atoms with van der Waals surface area (Å²) in [5.74, 6) is 0. The Kier molecular flexibility index (Phi) is 5.51. The van der Waals surface area contributed by atoms with Crippen LogP contribution in [0.15, 0.2) is 0 Å². The number of aldehydes is 1. The fourth-order valence-electron chi connectivity index (χ4n) is 2.76. The molecule has 0 bridgehead atoms. The summed E-state index contributed by atoms with van der Waals surface area (Å²) in [5, 5.41) is 0.905. The van der Waals surface area contributed by atoms with Gasteiger partial charge in [0.1, 0.15) is 0 Å². The number of aromatic nitrogens is 1. The number of anilines is 1. The molecule has 1 aliphatic heterocycles. The van der Waals surface area contributed by atoms with E-state index in [1.165, 1.54) is 30.7 Å². The number of carbonyl (C=O) groups is 1. The third kappa shape index (κ3) is 3.37. The Balaban J connectivity index is 2.05. The van der Waals surface area contributed by atoms with Crippen LogP contribution in [-0.4, -0.2) is 56.0 Å². The number of rotatable bonds is 7. The lowest BCUT2D eigenvalue weighted by Crippen LogP contribution is -2.38. The van der Waals surface area contributed by atoms with E-state index in [1.807, 2.05) is 0 Å². The minimum Gasteiger partial charge on any atom is -0.378 e. The van der Waals surface area contributed by atoms with Crippen molar-refractivity contribution in [1.29, 1.82) is 0 Å². The van der Waals surface area contributed by atoms with Gasteiger partial charge in [-0.3, -0.25) is 9.69 Å². The summed E-state index contributed by atoms with van der Waals surface area (Å²) in [6.45, 7) is 5.87. The number of nitrogens with zero attached hydrogens (tertiary/aromatic N) is 3. The third-order valence-corrected chi connectivity index (χ3v) is 4.96. The third-order valence-electron chi connectivity index (χ3n) is 3.82. The van der Waals surface area contributed by atoms with Gasteiger partial charge in [0.15, 0.2) is 11.4 Å². The molecular formula is C14H23N3O2S. The lowest BCUT2D eigenvalue weighted by molar-refractivity contribution is 0.112. The number of ether oxygens (including phenoxy) is 1. The summed E-state index contributed by atoms with van der Waals surface area (Å²) in [5.41, 5.74) is 0.744. The highest BCUT2D eigenvalue weighted by molar-refractivity contribution is 7.17. The zero-order valence-corrected chi connectivity index (χ0v) is 13.3. The highest BCUT2D eigenvalue weighted by Gasteiger charge is 2.25. The summed E-state index contributed by atoms with van der Waals surface area (Å²) in [7, 11) is 3.67. The second-order valence-corrected chi connectivity index (χ2v) is 6.17. The first kappa shape index (κ1) is 15.4. The number of hydrogen-bond acceptors (Lipinski definition) is 6. The highest BCUT2D eigenvalue weighted by atomic mass is 32.1. The normalized spacial score (nSPS) is 19.4. The van der Waals surface area contributed by atoms with E-state index in [9.17, 15) is 4.79 Å². The predicted molar refractivity (Wildman–Crippen MR) is 81.8 cm³/mol. The largest absolute Gasteiger partial charge is 0.378 e. The van der Waals surface area contributed by atoms with Crippen LogP contribution in [0.5, 0.6) is 0 Å². The van der Waals surface area contributed by atoms with E-state index in [1.54, 1.807) is 7.11 Å². The zero-order chi connectivity index (χ0) is 14.5. The van der Waals surface area contributed by atoms with Crippen LogP contribution in [-0.2, 0) is 11.3 Å². The van der Waals surface area contributed by atoms with Crippen molar-refractivity contribution in [2.45, 2.75) is 32.4 Å². The molecule has 112 valence electrons. The van der Waals surface area contributed by atoms with Crippen molar-refractivity contribution in [2.24, 2.45) is 0 Å². The molecule has 20 heavy (non-hydrogen) atoms. The quantitative estimate of drug-likeness (QED) is 0.721. The number of likely N-dealkylation sites (N-methyl/N-ethyl adjacent to an activating group) is 2. The molecule has 2 rings (SSSR count). The summed E-state index contributed by atoms with van der Waals surface area (Å²) in [6.07, 6.45) is 3.39. The Morgan fingerprint density at radius 3 is 3.05 bits per heavy atom. The fraction of sp³-hybridized carbons (Fsp3) is 0.714. The molecule has 0 saturated carbocycles. The summed E-state index contributed by atoms with van der Waals surface area (Å²) >= 11 is 1.45. The van der Waals surface area contributed by atoms with Gasteiger partial charge in [0, 0.05) is 26.7 Å². The lowest BCUT2D eigenvalue weighted by atomic mass is 10.2. The molecule has 1 saturated heterocycles. The van der Waals surface area contributed by atoms with E-state index in [-0.39, 0.29) is 0 Å². The molecule has 1 aliphatic rings. The van der Waals surface area contributed by atoms with Crippen molar-refractivity contribution >= 4 is 22.8 Å². The SMILES string of the molecule is CCN1CCCC1CN(C)c1nc(COC)c(C=O)s1. The van der Waals surface area contributed by atoms with Crippen molar-refractivity contribution in [1.82, 2.24) is 9.88 Å². The van der Waals surface area contributed by atoms with E-state index >= 15 is 0 Å². The zero-order valence-electron chi connectivity index (χ0n) is 12.5. The number of carbonyl (C=O) groups excluding carboxylic acids is 1. The van der Waals surface area contributed by atoms with Crippen molar-refractivity contribution in [2.75, 3.05) is 38.7 Å². The van der Waals surface area contributed by atoms with Gasteiger partial charge in [-0.1, -0.05) is 18.3 Å². The van der Waals surface area contributed by atoms with Crippen LogP contribution in [0.3, 0.4) is 0 Å². The minimum absolute atomic E-state index is 0.392. The molecule has 1 aromatic heterocycles. The van der Waals surface area contributed by atoms with Gasteiger partial charge < -0.3 is 9.64 Å². The van der Waals surface area contributed by atoms with Crippen LogP contribution in [0, 0.1) is 0 Å². The summed E-state index contributed by atoms with van der Waals surface area (Å²) in [6, 6.07) is 0.597. The summed E-state index contributed by atoms with van der Waals surface area (Å²) < 4.78 is 5.09. The van der Waals surface area contributed by atoms with Gasteiger partial charge in [-0.15, -0.1) is 0 Å². The van der Waals surface area contributed by atoms with Crippen molar-refractivity contribution < 1.29 is 9.53 Å². The molecule has 2 heterocycles.